The summed E-state index contributed by atoms with van der Waals surface area (Å²) in [6.45, 7) is 3.98. The van der Waals surface area contributed by atoms with Crippen molar-refractivity contribution < 1.29 is 0 Å². The van der Waals surface area contributed by atoms with Crippen LogP contribution in [0.15, 0.2) is 48.5 Å². The van der Waals surface area contributed by atoms with E-state index >= 15 is 0 Å². The molecule has 0 spiro atoms. The average molecular weight is 241 g/mol. The quantitative estimate of drug-likeness (QED) is 0.871. The van der Waals surface area contributed by atoms with E-state index in [1.165, 1.54) is 5.56 Å². The van der Waals surface area contributed by atoms with Gasteiger partial charge in [-0.2, -0.15) is 0 Å². The van der Waals surface area contributed by atoms with Crippen LogP contribution in [0, 0.1) is 0 Å². The Bertz CT molecular complexity index is 482. The summed E-state index contributed by atoms with van der Waals surface area (Å²) in [7, 11) is 1.89. The van der Waals surface area contributed by atoms with E-state index in [1.807, 2.05) is 31.3 Å². The number of nitrogens with one attached hydrogen (secondary N) is 1. The van der Waals surface area contributed by atoms with E-state index in [0.717, 1.165) is 24.7 Å². The predicted molar refractivity (Wildman–Crippen MR) is 76.9 cm³/mol. The number of aromatic nitrogens is 1. The summed E-state index contributed by atoms with van der Waals surface area (Å²) in [6.07, 6.45) is 0. The van der Waals surface area contributed by atoms with Crippen molar-refractivity contribution in [2.75, 3.05) is 23.8 Å². The van der Waals surface area contributed by atoms with Crippen molar-refractivity contribution in [2.24, 2.45) is 0 Å². The number of benzene rings is 1. The third-order valence-corrected chi connectivity index (χ3v) is 2.91. The van der Waals surface area contributed by atoms with Crippen molar-refractivity contribution in [2.45, 2.75) is 13.5 Å². The normalized spacial score (nSPS) is 10.1. The Balaban J connectivity index is 2.17. The summed E-state index contributed by atoms with van der Waals surface area (Å²) < 4.78 is 0. The van der Waals surface area contributed by atoms with Crippen LogP contribution in [0.3, 0.4) is 0 Å². The molecule has 0 bridgehead atoms. The predicted octanol–water partition coefficient (Wildman–Crippen LogP) is 3.15. The minimum Gasteiger partial charge on any atom is -0.373 e. The number of nitrogens with zero attached hydrogens (tertiary/aromatic N) is 2. The number of hydrogen-bond donors (Lipinski definition) is 1. The molecule has 3 nitrogen and oxygen atoms in total. The van der Waals surface area contributed by atoms with Crippen LogP contribution in [-0.2, 0) is 6.54 Å². The molecule has 0 amide bonds. The molecule has 0 aliphatic carbocycles. The maximum Gasteiger partial charge on any atom is 0.131 e. The molecule has 1 aromatic carbocycles. The van der Waals surface area contributed by atoms with Crippen molar-refractivity contribution in [3.63, 3.8) is 0 Å². The van der Waals surface area contributed by atoms with Gasteiger partial charge in [-0.25, -0.2) is 4.98 Å². The highest BCUT2D eigenvalue weighted by Crippen LogP contribution is 2.16. The van der Waals surface area contributed by atoms with Crippen molar-refractivity contribution in [1.82, 2.24) is 4.98 Å². The molecule has 1 heterocycles. The van der Waals surface area contributed by atoms with Gasteiger partial charge in [0, 0.05) is 20.1 Å². The Kier molecular flexibility index (Phi) is 4.18. The molecular formula is C15H19N3. The van der Waals surface area contributed by atoms with E-state index in [-0.39, 0.29) is 0 Å². The van der Waals surface area contributed by atoms with Crippen molar-refractivity contribution in [3.05, 3.63) is 54.1 Å². The minimum absolute atomic E-state index is 0.886. The lowest BCUT2D eigenvalue weighted by Crippen LogP contribution is -2.23. The lowest BCUT2D eigenvalue weighted by atomic mass is 10.2. The zero-order chi connectivity index (χ0) is 12.8. The first kappa shape index (κ1) is 12.4. The largest absolute Gasteiger partial charge is 0.373 e. The van der Waals surface area contributed by atoms with E-state index in [1.54, 1.807) is 0 Å². The molecule has 0 saturated heterocycles. The van der Waals surface area contributed by atoms with Crippen LogP contribution >= 0.6 is 0 Å². The van der Waals surface area contributed by atoms with E-state index in [0.29, 0.717) is 0 Å². The van der Waals surface area contributed by atoms with Gasteiger partial charge in [0.15, 0.2) is 0 Å². The van der Waals surface area contributed by atoms with Gasteiger partial charge >= 0.3 is 0 Å². The van der Waals surface area contributed by atoms with Crippen LogP contribution in [0.2, 0.25) is 0 Å². The summed E-state index contributed by atoms with van der Waals surface area (Å²) >= 11 is 0. The molecule has 0 saturated carbocycles. The Morgan fingerprint density at radius 2 is 1.83 bits per heavy atom. The maximum absolute atomic E-state index is 4.57. The van der Waals surface area contributed by atoms with Crippen LogP contribution in [0.5, 0.6) is 0 Å². The van der Waals surface area contributed by atoms with Gasteiger partial charge < -0.3 is 10.2 Å². The SMILES string of the molecule is CCN(Cc1ccccc1)c1cccc(NC)n1. The summed E-state index contributed by atoms with van der Waals surface area (Å²) in [4.78, 5) is 6.83. The Morgan fingerprint density at radius 1 is 1.06 bits per heavy atom. The number of pyridine rings is 1. The van der Waals surface area contributed by atoms with Crippen molar-refractivity contribution in [1.29, 1.82) is 0 Å². The van der Waals surface area contributed by atoms with Gasteiger partial charge in [-0.05, 0) is 24.6 Å². The molecular weight excluding hydrogens is 222 g/mol. The molecule has 0 unspecified atom stereocenters. The highest BCUT2D eigenvalue weighted by molar-refractivity contribution is 5.47. The monoisotopic (exact) mass is 241 g/mol. The van der Waals surface area contributed by atoms with E-state index in [2.05, 4.69) is 46.4 Å². The van der Waals surface area contributed by atoms with Gasteiger partial charge in [0.2, 0.25) is 0 Å². The third kappa shape index (κ3) is 3.00. The molecule has 0 radical (unpaired) electrons. The van der Waals surface area contributed by atoms with E-state index < -0.39 is 0 Å². The summed E-state index contributed by atoms with van der Waals surface area (Å²) in [6, 6.07) is 16.5. The fourth-order valence-electron chi connectivity index (χ4n) is 1.90. The summed E-state index contributed by atoms with van der Waals surface area (Å²) in [5.74, 6) is 1.91. The first-order valence-corrected chi connectivity index (χ1v) is 6.27. The van der Waals surface area contributed by atoms with Gasteiger partial charge in [-0.15, -0.1) is 0 Å². The van der Waals surface area contributed by atoms with Crippen LogP contribution in [-0.4, -0.2) is 18.6 Å². The molecule has 0 aliphatic rings. The highest BCUT2D eigenvalue weighted by Gasteiger charge is 2.06. The molecule has 1 aromatic heterocycles. The third-order valence-electron chi connectivity index (χ3n) is 2.91. The second-order valence-corrected chi connectivity index (χ2v) is 4.13. The first-order valence-electron chi connectivity index (χ1n) is 6.27. The molecule has 0 atom stereocenters. The van der Waals surface area contributed by atoms with E-state index in [9.17, 15) is 0 Å². The van der Waals surface area contributed by atoms with Crippen molar-refractivity contribution >= 4 is 11.6 Å². The first-order chi connectivity index (χ1) is 8.83. The van der Waals surface area contributed by atoms with Gasteiger partial charge in [-0.3, -0.25) is 0 Å². The molecule has 1 N–H and O–H groups in total. The summed E-state index contributed by atoms with van der Waals surface area (Å²) in [5, 5.41) is 3.07. The van der Waals surface area contributed by atoms with E-state index in [4.69, 9.17) is 0 Å². The second-order valence-electron chi connectivity index (χ2n) is 4.13. The molecule has 2 aromatic rings. The molecule has 2 rings (SSSR count). The molecule has 3 heteroatoms. The van der Waals surface area contributed by atoms with Crippen LogP contribution < -0.4 is 10.2 Å². The Hall–Kier alpha value is -2.03. The summed E-state index contributed by atoms with van der Waals surface area (Å²) in [5.41, 5.74) is 1.30. The smallest absolute Gasteiger partial charge is 0.131 e. The van der Waals surface area contributed by atoms with Crippen molar-refractivity contribution in [3.8, 4) is 0 Å². The minimum atomic E-state index is 0.886. The average Bonchev–Trinajstić information content (AvgIpc) is 2.46. The Labute approximate surface area is 108 Å². The van der Waals surface area contributed by atoms with Crippen LogP contribution in [0.25, 0.3) is 0 Å². The number of anilines is 2. The standard InChI is InChI=1S/C15H19N3/c1-3-18(12-13-8-5-4-6-9-13)15-11-7-10-14(16-2)17-15/h4-11H,3,12H2,1-2H3,(H,16,17). The molecule has 18 heavy (non-hydrogen) atoms. The fraction of sp³-hybridized carbons (Fsp3) is 0.267. The van der Waals surface area contributed by atoms with Crippen LogP contribution in [0.1, 0.15) is 12.5 Å². The number of hydrogen-bond acceptors (Lipinski definition) is 3. The highest BCUT2D eigenvalue weighted by atomic mass is 15.2. The Morgan fingerprint density at radius 3 is 2.50 bits per heavy atom. The molecule has 0 fully saturated rings. The second kappa shape index (κ2) is 6.05. The van der Waals surface area contributed by atoms with Gasteiger partial charge in [-0.1, -0.05) is 36.4 Å². The van der Waals surface area contributed by atoms with Crippen LogP contribution in [0.4, 0.5) is 11.6 Å². The van der Waals surface area contributed by atoms with Gasteiger partial charge in [0.25, 0.3) is 0 Å². The van der Waals surface area contributed by atoms with Gasteiger partial charge in [0.05, 0.1) is 0 Å². The molecule has 94 valence electrons. The number of rotatable bonds is 5. The zero-order valence-corrected chi connectivity index (χ0v) is 10.9. The zero-order valence-electron chi connectivity index (χ0n) is 10.9. The van der Waals surface area contributed by atoms with Gasteiger partial charge in [0.1, 0.15) is 11.6 Å². The topological polar surface area (TPSA) is 28.2 Å². The molecule has 0 aliphatic heterocycles. The lowest BCUT2D eigenvalue weighted by Gasteiger charge is -2.22. The lowest BCUT2D eigenvalue weighted by molar-refractivity contribution is 0.814. The fourth-order valence-corrected chi connectivity index (χ4v) is 1.90. The maximum atomic E-state index is 4.57.